The van der Waals surface area contributed by atoms with E-state index in [1.54, 1.807) is 0 Å². The molecule has 0 aliphatic carbocycles. The first-order valence-electron chi connectivity index (χ1n) is 13.6. The van der Waals surface area contributed by atoms with Gasteiger partial charge in [0.2, 0.25) is 0 Å². The Balaban J connectivity index is 1.30. The Hall–Kier alpha value is -3.71. The van der Waals surface area contributed by atoms with Crippen molar-refractivity contribution in [3.8, 4) is 33.6 Å². The molecule has 0 spiro atoms. The van der Waals surface area contributed by atoms with Crippen LogP contribution in [0.1, 0.15) is 71.2 Å². The summed E-state index contributed by atoms with van der Waals surface area (Å²) in [7, 11) is 0. The van der Waals surface area contributed by atoms with Gasteiger partial charge in [0, 0.05) is 5.41 Å². The van der Waals surface area contributed by atoms with Crippen LogP contribution in [-0.2, 0) is 0 Å². The van der Waals surface area contributed by atoms with Crippen molar-refractivity contribution in [2.45, 2.75) is 59.5 Å². The number of benzene rings is 2. The summed E-state index contributed by atoms with van der Waals surface area (Å²) in [5, 5.41) is 3.50. The summed E-state index contributed by atoms with van der Waals surface area (Å²) in [5.41, 5.74) is 12.7. The average Bonchev–Trinajstić information content (AvgIpc) is 3.68. The van der Waals surface area contributed by atoms with Gasteiger partial charge in [-0.05, 0) is 47.6 Å². The predicted molar refractivity (Wildman–Crippen MR) is 156 cm³/mol. The molecule has 1 aliphatic heterocycles. The maximum atomic E-state index is 6.29. The fourth-order valence-electron chi connectivity index (χ4n) is 4.77. The second kappa shape index (κ2) is 10.6. The van der Waals surface area contributed by atoms with E-state index in [-0.39, 0.29) is 17.4 Å². The minimum atomic E-state index is -0.176. The molecule has 2 aromatic heterocycles. The highest BCUT2D eigenvalue weighted by Gasteiger charge is 2.23. The second-order valence-electron chi connectivity index (χ2n) is 11.6. The molecule has 1 fully saturated rings. The first-order chi connectivity index (χ1) is 18.2. The molecule has 2 aromatic carbocycles. The molecule has 3 heterocycles. The number of H-pyrrole nitrogens is 2. The van der Waals surface area contributed by atoms with Gasteiger partial charge in [-0.25, -0.2) is 9.97 Å². The summed E-state index contributed by atoms with van der Waals surface area (Å²) >= 11 is 0. The van der Waals surface area contributed by atoms with E-state index in [0.717, 1.165) is 47.1 Å². The number of imidazole rings is 2. The van der Waals surface area contributed by atoms with E-state index in [1.807, 2.05) is 12.4 Å². The molecule has 198 valence electrons. The molecule has 7 heteroatoms. The average molecular weight is 510 g/mol. The molecule has 1 saturated heterocycles. The summed E-state index contributed by atoms with van der Waals surface area (Å²) in [6.07, 6.45) is 6.16. The topological polar surface area (TPSA) is 108 Å². The van der Waals surface area contributed by atoms with Crippen LogP contribution in [0.3, 0.4) is 0 Å². The largest absolute Gasteiger partial charge is 0.387 e. The highest BCUT2D eigenvalue weighted by molar-refractivity contribution is 5.85. The lowest BCUT2D eigenvalue weighted by Gasteiger charge is -2.22. The molecule has 1 aliphatic rings. The monoisotopic (exact) mass is 509 g/mol. The third kappa shape index (κ3) is 5.58. The SMILES string of the molecule is CC(C)[C@H](N=C(N)C(C)(C)C)c1ncc(-c2ccc(-c3ccc(-c4cnc([C@@H]5CCCN5)[nH]4)cc3)cc2)[nH]1. The first-order valence-corrected chi connectivity index (χ1v) is 13.6. The van der Waals surface area contributed by atoms with Crippen LogP contribution in [0.5, 0.6) is 0 Å². The number of nitrogens with two attached hydrogens (primary N) is 1. The molecule has 5 N–H and O–H groups in total. The van der Waals surface area contributed by atoms with Gasteiger partial charge in [0.25, 0.3) is 0 Å². The maximum Gasteiger partial charge on any atom is 0.131 e. The van der Waals surface area contributed by atoms with Crippen LogP contribution in [-0.4, -0.2) is 32.3 Å². The minimum Gasteiger partial charge on any atom is -0.387 e. The van der Waals surface area contributed by atoms with Gasteiger partial charge in [-0.2, -0.15) is 0 Å². The van der Waals surface area contributed by atoms with Crippen LogP contribution in [0.2, 0.25) is 0 Å². The van der Waals surface area contributed by atoms with Crippen molar-refractivity contribution in [3.05, 3.63) is 72.6 Å². The van der Waals surface area contributed by atoms with Gasteiger partial charge in [-0.15, -0.1) is 0 Å². The predicted octanol–water partition coefficient (Wildman–Crippen LogP) is 6.66. The number of aromatic nitrogens is 4. The molecule has 0 amide bonds. The minimum absolute atomic E-state index is 0.110. The van der Waals surface area contributed by atoms with Gasteiger partial charge in [0.05, 0.1) is 35.7 Å². The molecule has 0 radical (unpaired) electrons. The highest BCUT2D eigenvalue weighted by atomic mass is 15.0. The summed E-state index contributed by atoms with van der Waals surface area (Å²) < 4.78 is 0. The number of amidine groups is 1. The summed E-state index contributed by atoms with van der Waals surface area (Å²) in [6.45, 7) is 11.6. The van der Waals surface area contributed by atoms with Crippen LogP contribution < -0.4 is 11.1 Å². The Morgan fingerprint density at radius 1 is 0.868 bits per heavy atom. The Morgan fingerprint density at radius 3 is 1.95 bits per heavy atom. The van der Waals surface area contributed by atoms with Gasteiger partial charge in [0.15, 0.2) is 0 Å². The van der Waals surface area contributed by atoms with E-state index in [2.05, 4.69) is 108 Å². The van der Waals surface area contributed by atoms with Crippen LogP contribution in [0, 0.1) is 11.3 Å². The van der Waals surface area contributed by atoms with Gasteiger partial charge >= 0.3 is 0 Å². The third-order valence-corrected chi connectivity index (χ3v) is 7.26. The van der Waals surface area contributed by atoms with Gasteiger partial charge in [-0.3, -0.25) is 4.99 Å². The summed E-state index contributed by atoms with van der Waals surface area (Å²) in [6, 6.07) is 17.4. The smallest absolute Gasteiger partial charge is 0.131 e. The van der Waals surface area contributed by atoms with E-state index in [0.29, 0.717) is 11.9 Å². The van der Waals surface area contributed by atoms with Gasteiger partial charge in [-0.1, -0.05) is 83.1 Å². The van der Waals surface area contributed by atoms with Crippen molar-refractivity contribution in [2.75, 3.05) is 6.54 Å². The summed E-state index contributed by atoms with van der Waals surface area (Å²) in [5.74, 6) is 2.78. The number of hydrogen-bond donors (Lipinski definition) is 4. The maximum absolute atomic E-state index is 6.29. The molecule has 4 aromatic rings. The Labute approximate surface area is 225 Å². The van der Waals surface area contributed by atoms with Crippen molar-refractivity contribution in [1.82, 2.24) is 25.3 Å². The van der Waals surface area contributed by atoms with Crippen molar-refractivity contribution in [3.63, 3.8) is 0 Å². The molecule has 7 nitrogen and oxygen atoms in total. The Morgan fingerprint density at radius 2 is 1.42 bits per heavy atom. The second-order valence-corrected chi connectivity index (χ2v) is 11.6. The zero-order valence-electron chi connectivity index (χ0n) is 23.0. The zero-order chi connectivity index (χ0) is 26.9. The standard InChI is InChI=1S/C31H39N7/c1-19(2)27(38-30(32)31(3,4)5)29-35-18-26(37-29)23-14-10-21(11-15-23)20-8-12-22(13-9-20)25-17-34-28(36-25)24-7-6-16-33-24/h8-15,17-19,24,27,33H,6-7,16H2,1-5H3,(H2,32,38)(H,34,36)(H,35,37)/t24-,27-/m0/s1. The van der Waals surface area contributed by atoms with Crippen LogP contribution in [0.4, 0.5) is 0 Å². The van der Waals surface area contributed by atoms with Crippen LogP contribution >= 0.6 is 0 Å². The lowest BCUT2D eigenvalue weighted by molar-refractivity contribution is 0.483. The number of nitrogens with zero attached hydrogens (tertiary/aromatic N) is 3. The molecular weight excluding hydrogens is 470 g/mol. The fourth-order valence-corrected chi connectivity index (χ4v) is 4.77. The van der Waals surface area contributed by atoms with Crippen LogP contribution in [0.15, 0.2) is 65.9 Å². The van der Waals surface area contributed by atoms with E-state index in [1.165, 1.54) is 17.5 Å². The number of nitrogens with one attached hydrogen (secondary N) is 3. The van der Waals surface area contributed by atoms with Gasteiger partial charge < -0.3 is 21.0 Å². The summed E-state index contributed by atoms with van der Waals surface area (Å²) in [4.78, 5) is 21.1. The zero-order valence-corrected chi connectivity index (χ0v) is 23.0. The molecule has 0 saturated carbocycles. The van der Waals surface area contributed by atoms with E-state index < -0.39 is 0 Å². The van der Waals surface area contributed by atoms with Crippen molar-refractivity contribution < 1.29 is 0 Å². The van der Waals surface area contributed by atoms with E-state index >= 15 is 0 Å². The van der Waals surface area contributed by atoms with Crippen LogP contribution in [0.25, 0.3) is 33.6 Å². The molecule has 0 bridgehead atoms. The van der Waals surface area contributed by atoms with Gasteiger partial charge in [0.1, 0.15) is 17.7 Å². The highest BCUT2D eigenvalue weighted by Crippen LogP contribution is 2.30. The molecule has 2 atom stereocenters. The first kappa shape index (κ1) is 25.9. The normalized spacial score (nSPS) is 17.3. The number of hydrogen-bond acceptors (Lipinski definition) is 4. The third-order valence-electron chi connectivity index (χ3n) is 7.26. The molecular formula is C31H39N7. The van der Waals surface area contributed by atoms with Crippen molar-refractivity contribution >= 4 is 5.84 Å². The number of aliphatic imine (C=N–C) groups is 1. The molecule has 0 unspecified atom stereocenters. The van der Waals surface area contributed by atoms with E-state index in [4.69, 9.17) is 10.7 Å². The lowest BCUT2D eigenvalue weighted by Crippen LogP contribution is -2.30. The Kier molecular flexibility index (Phi) is 7.21. The Bertz CT molecular complexity index is 1380. The van der Waals surface area contributed by atoms with E-state index in [9.17, 15) is 0 Å². The lowest BCUT2D eigenvalue weighted by atomic mass is 9.94. The number of aromatic amines is 2. The fraction of sp³-hybridized carbons (Fsp3) is 0.387. The molecule has 5 rings (SSSR count). The van der Waals surface area contributed by atoms with Crippen molar-refractivity contribution in [1.29, 1.82) is 0 Å². The quantitative estimate of drug-likeness (QED) is 0.165. The van der Waals surface area contributed by atoms with Crippen molar-refractivity contribution in [2.24, 2.45) is 22.1 Å². The number of rotatable bonds is 7. The molecule has 38 heavy (non-hydrogen) atoms.